The molecule has 2 N–H and O–H groups in total. The monoisotopic (exact) mass is 172 g/mol. The van der Waals surface area contributed by atoms with E-state index in [1.807, 2.05) is 12.3 Å². The molecule has 3 nitrogen and oxygen atoms in total. The molecule has 1 aromatic heterocycles. The Bertz CT molecular complexity index is 208. The van der Waals surface area contributed by atoms with Crippen molar-refractivity contribution in [2.75, 3.05) is 13.7 Å². The van der Waals surface area contributed by atoms with E-state index >= 15 is 0 Å². The summed E-state index contributed by atoms with van der Waals surface area (Å²) < 4.78 is 4.97. The van der Waals surface area contributed by atoms with Gasteiger partial charge in [-0.05, 0) is 6.92 Å². The smallest absolute Gasteiger partial charge is 0.0800 e. The van der Waals surface area contributed by atoms with Crippen LogP contribution in [0, 0.1) is 0 Å². The summed E-state index contributed by atoms with van der Waals surface area (Å²) in [5, 5.41) is 1.94. The zero-order valence-corrected chi connectivity index (χ0v) is 7.52. The first-order valence-electron chi connectivity index (χ1n) is 3.33. The molecule has 4 heteroatoms. The van der Waals surface area contributed by atoms with Crippen molar-refractivity contribution in [3.63, 3.8) is 0 Å². The molecule has 0 fully saturated rings. The highest BCUT2D eigenvalue weighted by molar-refractivity contribution is 7.07. The second-order valence-corrected chi connectivity index (χ2v) is 3.44. The summed E-state index contributed by atoms with van der Waals surface area (Å²) in [7, 11) is 1.64. The zero-order valence-electron chi connectivity index (χ0n) is 6.70. The van der Waals surface area contributed by atoms with Gasteiger partial charge in [0.05, 0.1) is 23.4 Å². The number of methoxy groups -OCH3 is 1. The summed E-state index contributed by atoms with van der Waals surface area (Å²) >= 11 is 1.55. The van der Waals surface area contributed by atoms with Crippen molar-refractivity contribution in [3.8, 4) is 0 Å². The molecular formula is C7H12N2OS. The maximum atomic E-state index is 5.91. The van der Waals surface area contributed by atoms with Crippen LogP contribution in [0.3, 0.4) is 0 Å². The van der Waals surface area contributed by atoms with Crippen LogP contribution in [0.25, 0.3) is 0 Å². The van der Waals surface area contributed by atoms with Gasteiger partial charge in [0.15, 0.2) is 0 Å². The summed E-state index contributed by atoms with van der Waals surface area (Å²) in [6, 6.07) is 0. The van der Waals surface area contributed by atoms with Crippen LogP contribution in [-0.2, 0) is 10.3 Å². The van der Waals surface area contributed by atoms with Gasteiger partial charge >= 0.3 is 0 Å². The summed E-state index contributed by atoms with van der Waals surface area (Å²) in [6.07, 6.45) is 0. The highest BCUT2D eigenvalue weighted by atomic mass is 32.1. The Kier molecular flexibility index (Phi) is 2.59. The van der Waals surface area contributed by atoms with E-state index in [2.05, 4.69) is 4.98 Å². The topological polar surface area (TPSA) is 48.1 Å². The molecule has 0 aliphatic carbocycles. The number of rotatable bonds is 3. The van der Waals surface area contributed by atoms with Crippen LogP contribution in [0.15, 0.2) is 10.9 Å². The average Bonchev–Trinajstić information content (AvgIpc) is 2.37. The first-order chi connectivity index (χ1) is 5.17. The number of nitrogens with zero attached hydrogens (tertiary/aromatic N) is 1. The summed E-state index contributed by atoms with van der Waals surface area (Å²) in [4.78, 5) is 4.12. The fourth-order valence-corrected chi connectivity index (χ4v) is 1.56. The third-order valence-corrected chi connectivity index (χ3v) is 2.05. The van der Waals surface area contributed by atoms with Crippen LogP contribution < -0.4 is 5.73 Å². The fraction of sp³-hybridized carbons (Fsp3) is 0.571. The highest BCUT2D eigenvalue weighted by Gasteiger charge is 2.22. The Balaban J connectivity index is 2.73. The number of thiazole rings is 1. The van der Waals surface area contributed by atoms with Gasteiger partial charge in [-0.25, -0.2) is 4.98 Å². The first-order valence-corrected chi connectivity index (χ1v) is 4.27. The molecule has 1 rings (SSSR count). The number of ether oxygens (including phenoxy) is 1. The van der Waals surface area contributed by atoms with Crippen molar-refractivity contribution in [1.29, 1.82) is 0 Å². The Labute approximate surface area is 70.2 Å². The van der Waals surface area contributed by atoms with E-state index in [0.717, 1.165) is 5.69 Å². The third-order valence-electron chi connectivity index (χ3n) is 1.46. The average molecular weight is 172 g/mol. The van der Waals surface area contributed by atoms with E-state index in [-0.39, 0.29) is 0 Å². The van der Waals surface area contributed by atoms with Crippen LogP contribution in [0.1, 0.15) is 12.6 Å². The van der Waals surface area contributed by atoms with Crippen LogP contribution >= 0.6 is 11.3 Å². The lowest BCUT2D eigenvalue weighted by molar-refractivity contribution is 0.139. The van der Waals surface area contributed by atoms with Gasteiger partial charge in [0.1, 0.15) is 0 Å². The lowest BCUT2D eigenvalue weighted by Gasteiger charge is -2.20. The van der Waals surface area contributed by atoms with Crippen molar-refractivity contribution in [1.82, 2.24) is 4.98 Å². The molecular weight excluding hydrogens is 160 g/mol. The van der Waals surface area contributed by atoms with Gasteiger partial charge in [-0.2, -0.15) is 0 Å². The minimum atomic E-state index is -0.450. The molecule has 1 atom stereocenters. The molecule has 0 aromatic carbocycles. The van der Waals surface area contributed by atoms with Gasteiger partial charge in [0.2, 0.25) is 0 Å². The van der Waals surface area contributed by atoms with Crippen molar-refractivity contribution < 1.29 is 4.74 Å². The van der Waals surface area contributed by atoms with E-state index in [9.17, 15) is 0 Å². The number of hydrogen-bond donors (Lipinski definition) is 1. The normalized spacial score (nSPS) is 16.3. The van der Waals surface area contributed by atoms with E-state index in [1.165, 1.54) is 0 Å². The molecule has 0 bridgehead atoms. The zero-order chi connectivity index (χ0) is 8.32. The molecule has 0 aliphatic rings. The van der Waals surface area contributed by atoms with E-state index in [0.29, 0.717) is 6.61 Å². The molecule has 1 heterocycles. The summed E-state index contributed by atoms with van der Waals surface area (Å²) in [5.41, 5.74) is 8.13. The fourth-order valence-electron chi connectivity index (χ4n) is 0.868. The highest BCUT2D eigenvalue weighted by Crippen LogP contribution is 2.16. The molecule has 0 aliphatic heterocycles. The Morgan fingerprint density at radius 1 is 1.82 bits per heavy atom. The predicted molar refractivity (Wildman–Crippen MR) is 45.5 cm³/mol. The minimum Gasteiger partial charge on any atom is -0.382 e. The summed E-state index contributed by atoms with van der Waals surface area (Å²) in [5.74, 6) is 0. The SMILES string of the molecule is COCC(C)(N)c1cscn1. The standard InChI is InChI=1S/C7H12N2OS/c1-7(8,4-10-2)6-3-11-5-9-6/h3,5H,4,8H2,1-2H3. The number of aromatic nitrogens is 1. The van der Waals surface area contributed by atoms with Gasteiger partial charge < -0.3 is 10.5 Å². The van der Waals surface area contributed by atoms with Crippen LogP contribution in [0.5, 0.6) is 0 Å². The second-order valence-electron chi connectivity index (χ2n) is 2.72. The second kappa shape index (κ2) is 3.30. The van der Waals surface area contributed by atoms with E-state index in [4.69, 9.17) is 10.5 Å². The summed E-state index contributed by atoms with van der Waals surface area (Å²) in [6.45, 7) is 2.41. The molecule has 1 aromatic rings. The Morgan fingerprint density at radius 2 is 2.55 bits per heavy atom. The van der Waals surface area contributed by atoms with E-state index < -0.39 is 5.54 Å². The molecule has 62 valence electrons. The molecule has 0 spiro atoms. The molecule has 0 saturated heterocycles. The largest absolute Gasteiger partial charge is 0.382 e. The van der Waals surface area contributed by atoms with Gasteiger partial charge in [-0.3, -0.25) is 0 Å². The maximum Gasteiger partial charge on any atom is 0.0800 e. The maximum absolute atomic E-state index is 5.91. The lowest BCUT2D eigenvalue weighted by Crippen LogP contribution is -2.38. The van der Waals surface area contributed by atoms with Gasteiger partial charge in [0, 0.05) is 12.5 Å². The van der Waals surface area contributed by atoms with Crippen molar-refractivity contribution in [3.05, 3.63) is 16.6 Å². The van der Waals surface area contributed by atoms with Crippen molar-refractivity contribution in [2.45, 2.75) is 12.5 Å². The third kappa shape index (κ3) is 1.99. The van der Waals surface area contributed by atoms with Crippen molar-refractivity contribution in [2.24, 2.45) is 5.73 Å². The predicted octanol–water partition coefficient (Wildman–Crippen LogP) is 0.963. The van der Waals surface area contributed by atoms with Crippen molar-refractivity contribution >= 4 is 11.3 Å². The molecule has 11 heavy (non-hydrogen) atoms. The Morgan fingerprint density at radius 3 is 3.00 bits per heavy atom. The minimum absolute atomic E-state index is 0.450. The Hall–Kier alpha value is -0.450. The molecule has 0 amide bonds. The first kappa shape index (κ1) is 8.64. The van der Waals surface area contributed by atoms with E-state index in [1.54, 1.807) is 24.0 Å². The molecule has 0 saturated carbocycles. The van der Waals surface area contributed by atoms with Gasteiger partial charge in [-0.15, -0.1) is 11.3 Å². The quantitative estimate of drug-likeness (QED) is 0.739. The number of nitrogens with two attached hydrogens (primary N) is 1. The molecule has 0 radical (unpaired) electrons. The molecule has 1 unspecified atom stereocenters. The van der Waals surface area contributed by atoms with Gasteiger partial charge in [0.25, 0.3) is 0 Å². The van der Waals surface area contributed by atoms with Crippen LogP contribution in [0.4, 0.5) is 0 Å². The lowest BCUT2D eigenvalue weighted by atomic mass is 10.0. The van der Waals surface area contributed by atoms with Crippen LogP contribution in [0.2, 0.25) is 0 Å². The number of hydrogen-bond acceptors (Lipinski definition) is 4. The van der Waals surface area contributed by atoms with Crippen LogP contribution in [-0.4, -0.2) is 18.7 Å². The van der Waals surface area contributed by atoms with Gasteiger partial charge in [-0.1, -0.05) is 0 Å².